The molecule has 2 rings (SSSR count). The van der Waals surface area contributed by atoms with E-state index in [1.807, 2.05) is 0 Å². The van der Waals surface area contributed by atoms with Crippen molar-refractivity contribution < 1.29 is 9.50 Å². The number of hydrogen-bond donors (Lipinski definition) is 1. The first-order valence-electron chi connectivity index (χ1n) is 4.86. The van der Waals surface area contributed by atoms with Gasteiger partial charge in [0.15, 0.2) is 0 Å². The Morgan fingerprint density at radius 1 is 1.39 bits per heavy atom. The van der Waals surface area contributed by atoms with E-state index < -0.39 is 11.4 Å². The van der Waals surface area contributed by atoms with Gasteiger partial charge in [0, 0.05) is 6.07 Å². The van der Waals surface area contributed by atoms with Crippen molar-refractivity contribution in [1.82, 2.24) is 9.78 Å². The van der Waals surface area contributed by atoms with E-state index in [4.69, 9.17) is 23.2 Å². The largest absolute Gasteiger partial charge is 0.506 e. The third kappa shape index (κ3) is 2.32. The molecule has 1 N–H and O–H groups in total. The first kappa shape index (κ1) is 12.9. The van der Waals surface area contributed by atoms with E-state index in [1.54, 1.807) is 0 Å². The summed E-state index contributed by atoms with van der Waals surface area (Å²) in [4.78, 5) is 11.7. The van der Waals surface area contributed by atoms with Crippen molar-refractivity contribution in [2.75, 3.05) is 0 Å². The van der Waals surface area contributed by atoms with Gasteiger partial charge in [0.25, 0.3) is 5.56 Å². The summed E-state index contributed by atoms with van der Waals surface area (Å²) in [6, 6.07) is 4.73. The fourth-order valence-corrected chi connectivity index (χ4v) is 1.74. The van der Waals surface area contributed by atoms with Gasteiger partial charge < -0.3 is 5.11 Å². The van der Waals surface area contributed by atoms with Crippen molar-refractivity contribution in [3.05, 3.63) is 51.2 Å². The Morgan fingerprint density at radius 3 is 2.72 bits per heavy atom. The lowest BCUT2D eigenvalue weighted by atomic mass is 10.3. The number of aromatic hydroxyl groups is 1. The van der Waals surface area contributed by atoms with Crippen molar-refractivity contribution >= 4 is 23.2 Å². The molecule has 2 aromatic rings. The van der Waals surface area contributed by atoms with Gasteiger partial charge in [0.1, 0.15) is 17.3 Å². The van der Waals surface area contributed by atoms with Gasteiger partial charge in [-0.15, -0.1) is 11.6 Å². The van der Waals surface area contributed by atoms with Gasteiger partial charge in [-0.25, -0.2) is 4.39 Å². The van der Waals surface area contributed by atoms with Crippen molar-refractivity contribution in [1.29, 1.82) is 0 Å². The van der Waals surface area contributed by atoms with Crippen molar-refractivity contribution in [3.63, 3.8) is 0 Å². The number of hydrogen-bond acceptors (Lipinski definition) is 3. The SMILES string of the molecule is O=c1cc(O)c(CCl)nn1-c1ccc(F)c(Cl)c1. The Kier molecular flexibility index (Phi) is 3.54. The highest BCUT2D eigenvalue weighted by Gasteiger charge is 2.10. The highest BCUT2D eigenvalue weighted by molar-refractivity contribution is 6.30. The standard InChI is InChI=1S/C11H7Cl2FN2O2/c12-5-9-10(17)4-11(18)16(15-9)6-1-2-8(14)7(13)3-6/h1-4,17H,5H2. The number of benzene rings is 1. The molecule has 1 heterocycles. The molecule has 4 nitrogen and oxygen atoms in total. The minimum atomic E-state index is -0.593. The molecule has 0 fully saturated rings. The molecular formula is C11H7Cl2FN2O2. The van der Waals surface area contributed by atoms with Gasteiger partial charge in [-0.2, -0.15) is 9.78 Å². The van der Waals surface area contributed by atoms with E-state index in [1.165, 1.54) is 12.1 Å². The van der Waals surface area contributed by atoms with E-state index in [-0.39, 0.29) is 28.0 Å². The average Bonchev–Trinajstić information content (AvgIpc) is 2.33. The predicted octanol–water partition coefficient (Wildman–Crippen LogP) is 2.47. The zero-order valence-corrected chi connectivity index (χ0v) is 10.4. The van der Waals surface area contributed by atoms with Gasteiger partial charge in [-0.3, -0.25) is 4.79 Å². The topological polar surface area (TPSA) is 55.1 Å². The van der Waals surface area contributed by atoms with E-state index in [0.717, 1.165) is 16.8 Å². The summed E-state index contributed by atoms with van der Waals surface area (Å²) >= 11 is 11.2. The third-order valence-electron chi connectivity index (χ3n) is 2.26. The van der Waals surface area contributed by atoms with E-state index in [2.05, 4.69) is 5.10 Å². The molecular weight excluding hydrogens is 282 g/mol. The second-order valence-electron chi connectivity index (χ2n) is 3.46. The molecule has 0 aliphatic heterocycles. The highest BCUT2D eigenvalue weighted by Crippen LogP contribution is 2.19. The maximum absolute atomic E-state index is 13.0. The summed E-state index contributed by atoms with van der Waals surface area (Å²) in [6.07, 6.45) is 0. The smallest absolute Gasteiger partial charge is 0.275 e. The third-order valence-corrected chi connectivity index (χ3v) is 2.80. The Bertz CT molecular complexity index is 658. The van der Waals surface area contributed by atoms with Gasteiger partial charge in [-0.1, -0.05) is 11.6 Å². The van der Waals surface area contributed by atoms with Crippen LogP contribution in [0.1, 0.15) is 5.69 Å². The van der Waals surface area contributed by atoms with E-state index in [0.29, 0.717) is 0 Å². The van der Waals surface area contributed by atoms with E-state index in [9.17, 15) is 14.3 Å². The van der Waals surface area contributed by atoms with Crippen LogP contribution in [0.15, 0.2) is 29.1 Å². The van der Waals surface area contributed by atoms with Crippen LogP contribution in [0.25, 0.3) is 5.69 Å². The van der Waals surface area contributed by atoms with Crippen LogP contribution >= 0.6 is 23.2 Å². The van der Waals surface area contributed by atoms with E-state index >= 15 is 0 Å². The minimum absolute atomic E-state index is 0.0545. The van der Waals surface area contributed by atoms with Crippen LogP contribution in [0.2, 0.25) is 5.02 Å². The normalized spacial score (nSPS) is 10.6. The zero-order valence-electron chi connectivity index (χ0n) is 8.90. The van der Waals surface area contributed by atoms with Gasteiger partial charge in [-0.05, 0) is 18.2 Å². The first-order valence-corrected chi connectivity index (χ1v) is 5.78. The van der Waals surface area contributed by atoms with Gasteiger partial charge >= 0.3 is 0 Å². The molecule has 0 unspecified atom stereocenters. The Hall–Kier alpha value is -1.59. The van der Waals surface area contributed by atoms with Crippen molar-refractivity contribution in [3.8, 4) is 11.4 Å². The Labute approximate surface area is 111 Å². The molecule has 0 bridgehead atoms. The molecule has 0 aliphatic rings. The predicted molar refractivity (Wildman–Crippen MR) is 66.0 cm³/mol. The minimum Gasteiger partial charge on any atom is -0.506 e. The number of aromatic nitrogens is 2. The highest BCUT2D eigenvalue weighted by atomic mass is 35.5. The maximum atomic E-state index is 13.0. The lowest BCUT2D eigenvalue weighted by Crippen LogP contribution is -2.21. The molecule has 0 atom stereocenters. The molecule has 0 saturated heterocycles. The molecule has 0 aliphatic carbocycles. The Balaban J connectivity index is 2.63. The van der Waals surface area contributed by atoms with Crippen molar-refractivity contribution in [2.24, 2.45) is 0 Å². The summed E-state index contributed by atoms with van der Waals surface area (Å²) in [5.74, 6) is -0.926. The molecule has 0 amide bonds. The summed E-state index contributed by atoms with van der Waals surface area (Å²) in [5.41, 5.74) is -0.126. The molecule has 0 radical (unpaired) electrons. The lowest BCUT2D eigenvalue weighted by molar-refractivity contribution is 0.460. The fraction of sp³-hybridized carbons (Fsp3) is 0.0909. The lowest BCUT2D eigenvalue weighted by Gasteiger charge is -2.07. The fourth-order valence-electron chi connectivity index (χ4n) is 1.38. The molecule has 7 heteroatoms. The zero-order chi connectivity index (χ0) is 13.3. The number of rotatable bonds is 2. The number of nitrogens with zero attached hydrogens (tertiary/aromatic N) is 2. The first-order chi connectivity index (χ1) is 8.52. The maximum Gasteiger partial charge on any atom is 0.275 e. The molecule has 0 saturated carbocycles. The van der Waals surface area contributed by atoms with Gasteiger partial charge in [0.05, 0.1) is 16.6 Å². The average molecular weight is 289 g/mol. The number of alkyl halides is 1. The van der Waals surface area contributed by atoms with Crippen molar-refractivity contribution in [2.45, 2.75) is 5.88 Å². The van der Waals surface area contributed by atoms with Crippen LogP contribution in [0.3, 0.4) is 0 Å². The van der Waals surface area contributed by atoms with Crippen LogP contribution in [0.4, 0.5) is 4.39 Å². The molecule has 94 valence electrons. The monoisotopic (exact) mass is 288 g/mol. The second-order valence-corrected chi connectivity index (χ2v) is 4.13. The van der Waals surface area contributed by atoms with Crippen LogP contribution in [-0.4, -0.2) is 14.9 Å². The van der Waals surface area contributed by atoms with Crippen LogP contribution in [0.5, 0.6) is 5.75 Å². The molecule has 1 aromatic heterocycles. The Morgan fingerprint density at radius 2 is 2.11 bits per heavy atom. The molecule has 1 aromatic carbocycles. The molecule has 18 heavy (non-hydrogen) atoms. The quantitative estimate of drug-likeness (QED) is 0.864. The summed E-state index contributed by atoms with van der Waals surface area (Å²) < 4.78 is 14.0. The molecule has 0 spiro atoms. The van der Waals surface area contributed by atoms with Crippen LogP contribution in [-0.2, 0) is 5.88 Å². The second kappa shape index (κ2) is 4.96. The summed E-state index contributed by atoms with van der Waals surface area (Å²) in [7, 11) is 0. The van der Waals surface area contributed by atoms with Crippen LogP contribution < -0.4 is 5.56 Å². The number of halogens is 3. The van der Waals surface area contributed by atoms with Gasteiger partial charge in [0.2, 0.25) is 0 Å². The summed E-state index contributed by atoms with van der Waals surface area (Å²) in [6.45, 7) is 0. The van der Waals surface area contributed by atoms with Crippen LogP contribution in [0, 0.1) is 5.82 Å². The summed E-state index contributed by atoms with van der Waals surface area (Å²) in [5, 5.41) is 13.2.